The summed E-state index contributed by atoms with van der Waals surface area (Å²) in [6, 6.07) is 0. The van der Waals surface area contributed by atoms with Crippen molar-refractivity contribution in [3.8, 4) is 0 Å². The van der Waals surface area contributed by atoms with Crippen LogP contribution in [0.5, 0.6) is 0 Å². The lowest BCUT2D eigenvalue weighted by Crippen LogP contribution is -2.23. The van der Waals surface area contributed by atoms with Crippen LogP contribution in [-0.4, -0.2) is 29.3 Å². The van der Waals surface area contributed by atoms with E-state index in [-0.39, 0.29) is 10.9 Å². The van der Waals surface area contributed by atoms with E-state index in [1.165, 1.54) is 4.90 Å². The number of nitrogens with zero attached hydrogens (tertiary/aromatic N) is 1. The van der Waals surface area contributed by atoms with E-state index in [0.29, 0.717) is 0 Å². The molecule has 68 valence electrons. The standard InChI is InChI=1S/C6H6Cl3NO2/c1-10(2)5-3(7)4(11)6(8,9)12-5/h1-2H3. The summed E-state index contributed by atoms with van der Waals surface area (Å²) >= 11 is 16.6. The van der Waals surface area contributed by atoms with Gasteiger partial charge in [0.2, 0.25) is 5.88 Å². The van der Waals surface area contributed by atoms with Gasteiger partial charge in [-0.05, 0) is 23.2 Å². The lowest BCUT2D eigenvalue weighted by molar-refractivity contribution is -0.119. The SMILES string of the molecule is CN(C)C1=C(Cl)C(=O)C(Cl)(Cl)O1. The van der Waals surface area contributed by atoms with Crippen LogP contribution in [0.3, 0.4) is 0 Å². The number of carbonyl (C=O) groups excluding carboxylic acids is 1. The highest BCUT2D eigenvalue weighted by Gasteiger charge is 2.47. The van der Waals surface area contributed by atoms with Crippen molar-refractivity contribution in [2.45, 2.75) is 4.52 Å². The van der Waals surface area contributed by atoms with Gasteiger partial charge in [0, 0.05) is 14.1 Å². The van der Waals surface area contributed by atoms with Crippen LogP contribution in [0, 0.1) is 0 Å². The van der Waals surface area contributed by atoms with Gasteiger partial charge in [-0.2, -0.15) is 0 Å². The Morgan fingerprint density at radius 2 is 1.92 bits per heavy atom. The summed E-state index contributed by atoms with van der Waals surface area (Å²) in [5, 5.41) is -0.0787. The van der Waals surface area contributed by atoms with Gasteiger partial charge in [-0.3, -0.25) is 4.79 Å². The molecule has 0 atom stereocenters. The molecule has 0 N–H and O–H groups in total. The smallest absolute Gasteiger partial charge is 0.325 e. The van der Waals surface area contributed by atoms with Crippen molar-refractivity contribution in [1.82, 2.24) is 4.90 Å². The normalized spacial score (nSPS) is 21.2. The van der Waals surface area contributed by atoms with Crippen molar-refractivity contribution in [2.24, 2.45) is 0 Å². The molecule has 0 unspecified atom stereocenters. The number of hydrogen-bond acceptors (Lipinski definition) is 3. The van der Waals surface area contributed by atoms with E-state index in [2.05, 4.69) is 0 Å². The minimum Gasteiger partial charge on any atom is -0.434 e. The number of carbonyl (C=O) groups is 1. The number of hydrogen-bond donors (Lipinski definition) is 0. The molecule has 0 radical (unpaired) electrons. The highest BCUT2D eigenvalue weighted by atomic mass is 35.5. The molecular formula is C6H6Cl3NO2. The topological polar surface area (TPSA) is 29.5 Å². The van der Waals surface area contributed by atoms with Crippen LogP contribution < -0.4 is 0 Å². The first-order valence-electron chi connectivity index (χ1n) is 3.05. The molecule has 0 aromatic carbocycles. The van der Waals surface area contributed by atoms with Crippen LogP contribution in [0.4, 0.5) is 0 Å². The Hall–Kier alpha value is -0.120. The quantitative estimate of drug-likeness (QED) is 0.642. The summed E-state index contributed by atoms with van der Waals surface area (Å²) in [6.45, 7) is 0. The zero-order valence-corrected chi connectivity index (χ0v) is 8.67. The highest BCUT2D eigenvalue weighted by molar-refractivity contribution is 6.63. The Balaban J connectivity index is 3.00. The van der Waals surface area contributed by atoms with Crippen LogP contribution in [-0.2, 0) is 9.53 Å². The molecule has 0 spiro atoms. The predicted molar refractivity (Wildman–Crippen MR) is 47.1 cm³/mol. The minimum absolute atomic E-state index is 0.0787. The monoisotopic (exact) mass is 229 g/mol. The molecule has 0 fully saturated rings. The lowest BCUT2D eigenvalue weighted by Gasteiger charge is -2.17. The second kappa shape index (κ2) is 2.98. The molecule has 0 aliphatic carbocycles. The molecule has 6 heteroatoms. The molecule has 3 nitrogen and oxygen atoms in total. The van der Waals surface area contributed by atoms with Crippen molar-refractivity contribution in [1.29, 1.82) is 0 Å². The number of halogens is 3. The molecular weight excluding hydrogens is 224 g/mol. The second-order valence-electron chi connectivity index (χ2n) is 2.46. The fraction of sp³-hybridized carbons (Fsp3) is 0.500. The molecule has 0 aromatic heterocycles. The van der Waals surface area contributed by atoms with Gasteiger partial charge in [-0.25, -0.2) is 0 Å². The Morgan fingerprint density at radius 3 is 2.08 bits per heavy atom. The third kappa shape index (κ3) is 1.49. The van der Waals surface area contributed by atoms with E-state index in [1.54, 1.807) is 14.1 Å². The molecule has 0 saturated carbocycles. The van der Waals surface area contributed by atoms with Gasteiger partial charge in [0.25, 0.3) is 5.78 Å². The Morgan fingerprint density at radius 1 is 1.42 bits per heavy atom. The van der Waals surface area contributed by atoms with Crippen LogP contribution >= 0.6 is 34.8 Å². The first-order chi connectivity index (χ1) is 5.36. The summed E-state index contributed by atoms with van der Waals surface area (Å²) in [5.41, 5.74) is 0. The maximum Gasteiger partial charge on any atom is 0.325 e. The van der Waals surface area contributed by atoms with E-state index >= 15 is 0 Å². The largest absolute Gasteiger partial charge is 0.434 e. The van der Waals surface area contributed by atoms with E-state index in [0.717, 1.165) is 0 Å². The molecule has 1 aliphatic heterocycles. The van der Waals surface area contributed by atoms with Crippen LogP contribution in [0.25, 0.3) is 0 Å². The number of alkyl halides is 2. The molecule has 1 aliphatic rings. The van der Waals surface area contributed by atoms with Gasteiger partial charge in [-0.15, -0.1) is 0 Å². The Labute approximate surface area is 84.8 Å². The average molecular weight is 230 g/mol. The number of rotatable bonds is 1. The van der Waals surface area contributed by atoms with Gasteiger partial charge in [-0.1, -0.05) is 11.6 Å². The van der Waals surface area contributed by atoms with Crippen molar-refractivity contribution >= 4 is 40.6 Å². The second-order valence-corrected chi connectivity index (χ2v) is 4.10. The number of ketones is 1. The highest BCUT2D eigenvalue weighted by Crippen LogP contribution is 2.39. The van der Waals surface area contributed by atoms with E-state index in [1.807, 2.05) is 0 Å². The molecule has 1 rings (SSSR count). The lowest BCUT2D eigenvalue weighted by atomic mass is 10.4. The van der Waals surface area contributed by atoms with Crippen LogP contribution in [0.1, 0.15) is 0 Å². The maximum atomic E-state index is 11.1. The van der Waals surface area contributed by atoms with Crippen molar-refractivity contribution in [3.05, 3.63) is 10.9 Å². The van der Waals surface area contributed by atoms with Crippen LogP contribution in [0.2, 0.25) is 0 Å². The molecule has 0 saturated heterocycles. The average Bonchev–Trinajstić information content (AvgIpc) is 2.14. The molecule has 12 heavy (non-hydrogen) atoms. The first-order valence-corrected chi connectivity index (χ1v) is 4.18. The van der Waals surface area contributed by atoms with Crippen molar-refractivity contribution < 1.29 is 9.53 Å². The summed E-state index contributed by atoms with van der Waals surface area (Å²) in [7, 11) is 3.33. The van der Waals surface area contributed by atoms with E-state index < -0.39 is 10.3 Å². The van der Waals surface area contributed by atoms with Gasteiger partial charge < -0.3 is 9.64 Å². The number of ether oxygens (including phenoxy) is 1. The predicted octanol–water partition coefficient (Wildman–Crippen LogP) is 1.69. The molecule has 0 aromatic rings. The molecule has 1 heterocycles. The van der Waals surface area contributed by atoms with E-state index in [4.69, 9.17) is 39.5 Å². The van der Waals surface area contributed by atoms with Gasteiger partial charge in [0.1, 0.15) is 0 Å². The zero-order chi connectivity index (χ0) is 9.52. The molecule has 0 bridgehead atoms. The first kappa shape index (κ1) is 9.96. The van der Waals surface area contributed by atoms with Gasteiger partial charge in [0.15, 0.2) is 5.03 Å². The third-order valence-electron chi connectivity index (χ3n) is 1.28. The van der Waals surface area contributed by atoms with Gasteiger partial charge in [0.05, 0.1) is 0 Å². The third-order valence-corrected chi connectivity index (χ3v) is 2.11. The Bertz CT molecular complexity index is 260. The summed E-state index contributed by atoms with van der Waals surface area (Å²) in [5.74, 6) is -0.442. The Kier molecular flexibility index (Phi) is 2.47. The van der Waals surface area contributed by atoms with Crippen LogP contribution in [0.15, 0.2) is 10.9 Å². The summed E-state index contributed by atoms with van der Waals surface area (Å²) < 4.78 is 3.03. The van der Waals surface area contributed by atoms with Crippen molar-refractivity contribution in [3.63, 3.8) is 0 Å². The maximum absolute atomic E-state index is 11.1. The fourth-order valence-electron chi connectivity index (χ4n) is 0.725. The van der Waals surface area contributed by atoms with E-state index in [9.17, 15) is 4.79 Å². The summed E-state index contributed by atoms with van der Waals surface area (Å²) in [4.78, 5) is 12.7. The van der Waals surface area contributed by atoms with Gasteiger partial charge >= 0.3 is 4.52 Å². The van der Waals surface area contributed by atoms with Crippen molar-refractivity contribution in [2.75, 3.05) is 14.1 Å². The molecule has 0 amide bonds. The zero-order valence-electron chi connectivity index (χ0n) is 6.40. The summed E-state index contributed by atoms with van der Waals surface area (Å²) in [6.07, 6.45) is 0. The number of Topliss-reactive ketones (excluding diaryl/α,β-unsaturated/α-hetero) is 1. The fourth-order valence-corrected chi connectivity index (χ4v) is 1.50. The minimum atomic E-state index is -1.86.